The molecule has 0 saturated heterocycles. The SMILES string of the molecule is CCN(CC)c1ccc(/C=N\NC(=O)[C@H](CC(C)C)NC(=O)COc2c(C)cccc2C)c(OC)c1. The Morgan fingerprint density at radius 1 is 1.08 bits per heavy atom. The fourth-order valence-electron chi connectivity index (χ4n) is 3.94. The first-order valence-electron chi connectivity index (χ1n) is 12.4. The lowest BCUT2D eigenvalue weighted by atomic mass is 10.0. The van der Waals surface area contributed by atoms with Crippen LogP contribution in [0.4, 0.5) is 5.69 Å². The van der Waals surface area contributed by atoms with E-state index in [0.29, 0.717) is 17.9 Å². The lowest BCUT2D eigenvalue weighted by Crippen LogP contribution is -2.47. The summed E-state index contributed by atoms with van der Waals surface area (Å²) in [5.74, 6) is 0.781. The summed E-state index contributed by atoms with van der Waals surface area (Å²) < 4.78 is 11.2. The molecular formula is C28H40N4O4. The summed E-state index contributed by atoms with van der Waals surface area (Å²) in [4.78, 5) is 27.6. The van der Waals surface area contributed by atoms with Crippen LogP contribution >= 0.6 is 0 Å². The summed E-state index contributed by atoms with van der Waals surface area (Å²) in [7, 11) is 1.60. The number of nitrogens with one attached hydrogen (secondary N) is 2. The van der Waals surface area contributed by atoms with Crippen LogP contribution in [0, 0.1) is 19.8 Å². The van der Waals surface area contributed by atoms with E-state index in [-0.39, 0.29) is 24.3 Å². The summed E-state index contributed by atoms with van der Waals surface area (Å²) in [5, 5.41) is 6.90. The van der Waals surface area contributed by atoms with Gasteiger partial charge in [0, 0.05) is 30.4 Å². The molecule has 0 saturated carbocycles. The number of benzene rings is 2. The first-order chi connectivity index (χ1) is 17.2. The summed E-state index contributed by atoms with van der Waals surface area (Å²) in [6, 6.07) is 10.9. The molecule has 2 aromatic carbocycles. The van der Waals surface area contributed by atoms with Gasteiger partial charge >= 0.3 is 0 Å². The lowest BCUT2D eigenvalue weighted by Gasteiger charge is -2.22. The third-order valence-electron chi connectivity index (χ3n) is 5.84. The number of hydrogen-bond acceptors (Lipinski definition) is 6. The second-order valence-corrected chi connectivity index (χ2v) is 9.09. The first-order valence-corrected chi connectivity index (χ1v) is 12.4. The predicted molar refractivity (Wildman–Crippen MR) is 145 cm³/mol. The number of carbonyl (C=O) groups is 2. The molecule has 0 aliphatic rings. The normalized spacial score (nSPS) is 11.9. The number of rotatable bonds is 13. The van der Waals surface area contributed by atoms with Gasteiger partial charge in [-0.1, -0.05) is 32.0 Å². The monoisotopic (exact) mass is 496 g/mol. The maximum atomic E-state index is 12.8. The molecule has 0 radical (unpaired) electrons. The molecule has 0 fully saturated rings. The van der Waals surface area contributed by atoms with Gasteiger partial charge in [0.05, 0.1) is 13.3 Å². The Balaban J connectivity index is 2.03. The van der Waals surface area contributed by atoms with Crippen molar-refractivity contribution in [3.05, 3.63) is 53.1 Å². The maximum Gasteiger partial charge on any atom is 0.262 e. The van der Waals surface area contributed by atoms with Gasteiger partial charge in [0.2, 0.25) is 0 Å². The van der Waals surface area contributed by atoms with Gasteiger partial charge in [-0.3, -0.25) is 9.59 Å². The molecule has 0 aliphatic carbocycles. The maximum absolute atomic E-state index is 12.8. The molecule has 8 nitrogen and oxygen atoms in total. The Labute approximate surface area is 215 Å². The summed E-state index contributed by atoms with van der Waals surface area (Å²) in [6.45, 7) is 13.7. The van der Waals surface area contributed by atoms with Crippen molar-refractivity contribution in [1.82, 2.24) is 10.7 Å². The van der Waals surface area contributed by atoms with Gasteiger partial charge in [0.15, 0.2) is 6.61 Å². The van der Waals surface area contributed by atoms with E-state index in [0.717, 1.165) is 35.5 Å². The number of aryl methyl sites for hydroxylation is 2. The smallest absolute Gasteiger partial charge is 0.262 e. The van der Waals surface area contributed by atoms with Crippen LogP contribution in [-0.2, 0) is 9.59 Å². The number of hydrogen-bond donors (Lipinski definition) is 2. The van der Waals surface area contributed by atoms with Crippen LogP contribution in [0.1, 0.15) is 50.8 Å². The number of methoxy groups -OCH3 is 1. The van der Waals surface area contributed by atoms with Crippen molar-refractivity contribution in [2.45, 2.75) is 54.0 Å². The highest BCUT2D eigenvalue weighted by molar-refractivity contribution is 5.90. The molecule has 36 heavy (non-hydrogen) atoms. The van der Waals surface area contributed by atoms with Crippen molar-refractivity contribution in [2.24, 2.45) is 11.0 Å². The van der Waals surface area contributed by atoms with Crippen molar-refractivity contribution >= 4 is 23.7 Å². The van der Waals surface area contributed by atoms with Crippen molar-refractivity contribution < 1.29 is 19.1 Å². The van der Waals surface area contributed by atoms with Crippen LogP contribution < -0.4 is 25.1 Å². The van der Waals surface area contributed by atoms with Crippen LogP contribution in [0.5, 0.6) is 11.5 Å². The molecule has 2 N–H and O–H groups in total. The Morgan fingerprint density at radius 3 is 2.33 bits per heavy atom. The number of amides is 2. The predicted octanol–water partition coefficient (Wildman–Crippen LogP) is 4.22. The zero-order chi connectivity index (χ0) is 26.7. The molecule has 2 rings (SSSR count). The van der Waals surface area contributed by atoms with Crippen molar-refractivity contribution in [1.29, 1.82) is 0 Å². The third-order valence-corrected chi connectivity index (χ3v) is 5.84. The molecular weight excluding hydrogens is 456 g/mol. The van der Waals surface area contributed by atoms with E-state index in [1.807, 2.05) is 64.1 Å². The fraction of sp³-hybridized carbons (Fsp3) is 0.464. The van der Waals surface area contributed by atoms with Crippen LogP contribution in [-0.4, -0.2) is 50.9 Å². The number of para-hydroxylation sites is 1. The van der Waals surface area contributed by atoms with Crippen molar-refractivity contribution in [3.63, 3.8) is 0 Å². The quantitative estimate of drug-likeness (QED) is 0.320. The van der Waals surface area contributed by atoms with Gasteiger partial charge in [-0.05, 0) is 63.3 Å². The molecule has 8 heteroatoms. The highest BCUT2D eigenvalue weighted by atomic mass is 16.5. The molecule has 0 aliphatic heterocycles. The number of ether oxygens (including phenoxy) is 2. The number of anilines is 1. The number of carbonyl (C=O) groups excluding carboxylic acids is 2. The average molecular weight is 497 g/mol. The Bertz CT molecular complexity index is 1030. The molecule has 0 unspecified atom stereocenters. The van der Waals surface area contributed by atoms with E-state index in [1.165, 1.54) is 0 Å². The van der Waals surface area contributed by atoms with E-state index in [2.05, 4.69) is 34.6 Å². The average Bonchev–Trinajstić information content (AvgIpc) is 2.84. The van der Waals surface area contributed by atoms with Crippen molar-refractivity contribution in [2.75, 3.05) is 31.7 Å². The standard InChI is InChI=1S/C28H40N4O4/c1-8-32(9-2)23-14-13-22(25(16-23)35-7)17-29-31-28(34)24(15-19(3)4)30-26(33)18-36-27-20(5)11-10-12-21(27)6/h10-14,16-17,19,24H,8-9,15,18H2,1-7H3,(H,30,33)(H,31,34)/b29-17-/t24-/m0/s1. The van der Waals surface area contributed by atoms with Crippen LogP contribution in [0.15, 0.2) is 41.5 Å². The second-order valence-electron chi connectivity index (χ2n) is 9.09. The molecule has 0 heterocycles. The van der Waals surface area contributed by atoms with E-state index < -0.39 is 6.04 Å². The van der Waals surface area contributed by atoms with Gasteiger partial charge < -0.3 is 19.7 Å². The van der Waals surface area contributed by atoms with Gasteiger partial charge in [-0.25, -0.2) is 5.43 Å². The highest BCUT2D eigenvalue weighted by Crippen LogP contribution is 2.25. The van der Waals surface area contributed by atoms with Gasteiger partial charge in [0.25, 0.3) is 11.8 Å². The lowest BCUT2D eigenvalue weighted by molar-refractivity contribution is -0.130. The zero-order valence-corrected chi connectivity index (χ0v) is 22.6. The minimum atomic E-state index is -0.733. The minimum absolute atomic E-state index is 0.174. The molecule has 0 bridgehead atoms. The molecule has 196 valence electrons. The number of nitrogens with zero attached hydrogens (tertiary/aromatic N) is 2. The largest absolute Gasteiger partial charge is 0.496 e. The van der Waals surface area contributed by atoms with Gasteiger partial charge in [-0.2, -0.15) is 5.10 Å². The Kier molecular flexibility index (Phi) is 11.2. The van der Waals surface area contributed by atoms with E-state index >= 15 is 0 Å². The van der Waals surface area contributed by atoms with E-state index in [1.54, 1.807) is 13.3 Å². The van der Waals surface area contributed by atoms with Crippen LogP contribution in [0.2, 0.25) is 0 Å². The van der Waals surface area contributed by atoms with Crippen LogP contribution in [0.3, 0.4) is 0 Å². The Hall–Kier alpha value is -3.55. The third kappa shape index (κ3) is 8.29. The molecule has 0 aromatic heterocycles. The topological polar surface area (TPSA) is 92.3 Å². The zero-order valence-electron chi connectivity index (χ0n) is 22.6. The molecule has 2 aromatic rings. The highest BCUT2D eigenvalue weighted by Gasteiger charge is 2.22. The second kappa shape index (κ2) is 14.1. The minimum Gasteiger partial charge on any atom is -0.496 e. The Morgan fingerprint density at radius 2 is 1.75 bits per heavy atom. The molecule has 2 amide bonds. The number of hydrazone groups is 1. The molecule has 0 spiro atoms. The van der Waals surface area contributed by atoms with E-state index in [9.17, 15) is 9.59 Å². The van der Waals surface area contributed by atoms with Gasteiger partial charge in [0.1, 0.15) is 17.5 Å². The summed E-state index contributed by atoms with van der Waals surface area (Å²) in [5.41, 5.74) is 6.25. The summed E-state index contributed by atoms with van der Waals surface area (Å²) >= 11 is 0. The van der Waals surface area contributed by atoms with E-state index in [4.69, 9.17) is 9.47 Å². The fourth-order valence-corrected chi connectivity index (χ4v) is 3.94. The summed E-state index contributed by atoms with van der Waals surface area (Å²) in [6.07, 6.45) is 2.01. The van der Waals surface area contributed by atoms with Crippen LogP contribution in [0.25, 0.3) is 0 Å². The van der Waals surface area contributed by atoms with Gasteiger partial charge in [-0.15, -0.1) is 0 Å². The first kappa shape index (κ1) is 28.7. The molecule has 1 atom stereocenters. The van der Waals surface area contributed by atoms with Crippen molar-refractivity contribution in [3.8, 4) is 11.5 Å².